The molecule has 0 spiro atoms. The number of hydrogen-bond donors (Lipinski definition) is 1. The Labute approximate surface area is 164 Å². The van der Waals surface area contributed by atoms with Gasteiger partial charge in [-0.1, -0.05) is 35.5 Å². The van der Waals surface area contributed by atoms with Crippen molar-refractivity contribution in [2.75, 3.05) is 13.1 Å². The van der Waals surface area contributed by atoms with Crippen LogP contribution in [0.5, 0.6) is 0 Å². The van der Waals surface area contributed by atoms with Crippen molar-refractivity contribution in [3.8, 4) is 0 Å². The van der Waals surface area contributed by atoms with Gasteiger partial charge < -0.3 is 14.7 Å². The summed E-state index contributed by atoms with van der Waals surface area (Å²) < 4.78 is 5.38. The van der Waals surface area contributed by atoms with Crippen LogP contribution in [0.25, 0.3) is 0 Å². The zero-order valence-electron chi connectivity index (χ0n) is 16.1. The van der Waals surface area contributed by atoms with E-state index in [1.807, 2.05) is 35.2 Å². The molecule has 2 fully saturated rings. The van der Waals surface area contributed by atoms with Gasteiger partial charge >= 0.3 is 0 Å². The molecule has 1 saturated carbocycles. The van der Waals surface area contributed by atoms with Crippen molar-refractivity contribution < 1.29 is 14.1 Å². The van der Waals surface area contributed by atoms with Crippen molar-refractivity contribution >= 4 is 11.8 Å². The number of piperidine rings is 1. The number of hydrogen-bond acceptors (Lipinski definition) is 5. The smallest absolute Gasteiger partial charge is 0.231 e. The Balaban J connectivity index is 1.41. The molecule has 2 atom stereocenters. The van der Waals surface area contributed by atoms with E-state index >= 15 is 0 Å². The summed E-state index contributed by atoms with van der Waals surface area (Å²) in [5, 5.41) is 7.03. The molecule has 1 aromatic heterocycles. The Hall–Kier alpha value is -2.70. The van der Waals surface area contributed by atoms with Crippen LogP contribution in [0.1, 0.15) is 48.9 Å². The molecule has 2 heterocycles. The summed E-state index contributed by atoms with van der Waals surface area (Å²) in [6.07, 6.45) is 3.79. The third-order valence-corrected chi connectivity index (χ3v) is 5.57. The summed E-state index contributed by atoms with van der Waals surface area (Å²) in [4.78, 5) is 31.3. The Morgan fingerprint density at radius 1 is 1.21 bits per heavy atom. The molecule has 7 heteroatoms. The Bertz CT molecular complexity index is 831. The molecule has 0 radical (unpaired) electrons. The minimum absolute atomic E-state index is 0.0536. The van der Waals surface area contributed by atoms with Crippen molar-refractivity contribution in [1.82, 2.24) is 20.4 Å². The molecule has 1 N–H and O–H groups in total. The normalized spacial score (nSPS) is 22.1. The average molecular weight is 382 g/mol. The second kappa shape index (κ2) is 8.12. The SMILES string of the molecule is Cc1noc([C@H]2CCN(C(=O)CCc3ccccc3)C[C@H]2NC(=O)C2CC2)n1. The van der Waals surface area contributed by atoms with Crippen LogP contribution in [0.4, 0.5) is 0 Å². The lowest BCUT2D eigenvalue weighted by Gasteiger charge is -2.37. The summed E-state index contributed by atoms with van der Waals surface area (Å²) in [5.41, 5.74) is 1.16. The minimum atomic E-state index is -0.192. The molecule has 28 heavy (non-hydrogen) atoms. The lowest BCUT2D eigenvalue weighted by molar-refractivity contribution is -0.134. The summed E-state index contributed by atoms with van der Waals surface area (Å²) in [7, 11) is 0. The monoisotopic (exact) mass is 382 g/mol. The van der Waals surface area contributed by atoms with E-state index < -0.39 is 0 Å². The van der Waals surface area contributed by atoms with Gasteiger partial charge in [-0.25, -0.2) is 0 Å². The van der Waals surface area contributed by atoms with Crippen LogP contribution in [-0.2, 0) is 16.0 Å². The molecule has 0 unspecified atom stereocenters. The van der Waals surface area contributed by atoms with Gasteiger partial charge in [0.1, 0.15) is 0 Å². The van der Waals surface area contributed by atoms with Crippen molar-refractivity contribution in [2.45, 2.75) is 51.0 Å². The van der Waals surface area contributed by atoms with Gasteiger partial charge in [0, 0.05) is 25.4 Å². The highest BCUT2D eigenvalue weighted by Gasteiger charge is 2.39. The highest BCUT2D eigenvalue weighted by Crippen LogP contribution is 2.32. The molecule has 148 valence electrons. The van der Waals surface area contributed by atoms with Crippen LogP contribution in [-0.4, -0.2) is 46.0 Å². The number of likely N-dealkylation sites (tertiary alicyclic amines) is 1. The highest BCUT2D eigenvalue weighted by molar-refractivity contribution is 5.81. The molecular formula is C21H26N4O3. The fraction of sp³-hybridized carbons (Fsp3) is 0.524. The topological polar surface area (TPSA) is 88.3 Å². The lowest BCUT2D eigenvalue weighted by Crippen LogP contribution is -2.53. The second-order valence-electron chi connectivity index (χ2n) is 7.79. The number of amides is 2. The van der Waals surface area contributed by atoms with Crippen LogP contribution in [0.2, 0.25) is 0 Å². The first kappa shape index (κ1) is 18.7. The fourth-order valence-corrected chi connectivity index (χ4v) is 3.78. The average Bonchev–Trinajstić information content (AvgIpc) is 3.48. The molecule has 2 aliphatic rings. The van der Waals surface area contributed by atoms with Crippen LogP contribution >= 0.6 is 0 Å². The Morgan fingerprint density at radius 2 is 2.00 bits per heavy atom. The molecule has 1 aromatic carbocycles. The molecule has 2 amide bonds. The van der Waals surface area contributed by atoms with Gasteiger partial charge in [-0.15, -0.1) is 0 Å². The van der Waals surface area contributed by atoms with E-state index in [1.165, 1.54) is 0 Å². The maximum atomic E-state index is 12.8. The number of aromatic nitrogens is 2. The van der Waals surface area contributed by atoms with E-state index in [-0.39, 0.29) is 29.7 Å². The first-order chi connectivity index (χ1) is 13.6. The fourth-order valence-electron chi connectivity index (χ4n) is 3.78. The number of nitrogens with one attached hydrogen (secondary N) is 1. The second-order valence-corrected chi connectivity index (χ2v) is 7.79. The van der Waals surface area contributed by atoms with Gasteiger partial charge in [-0.05, 0) is 38.2 Å². The maximum Gasteiger partial charge on any atom is 0.231 e. The lowest BCUT2D eigenvalue weighted by atomic mass is 9.90. The maximum absolute atomic E-state index is 12.8. The zero-order chi connectivity index (χ0) is 19.5. The number of carbonyl (C=O) groups excluding carboxylic acids is 2. The van der Waals surface area contributed by atoms with Crippen LogP contribution < -0.4 is 5.32 Å². The van der Waals surface area contributed by atoms with Crippen molar-refractivity contribution in [3.63, 3.8) is 0 Å². The van der Waals surface area contributed by atoms with Gasteiger partial charge in [0.05, 0.1) is 12.0 Å². The number of nitrogens with zero attached hydrogens (tertiary/aromatic N) is 3. The number of benzene rings is 1. The predicted molar refractivity (Wildman–Crippen MR) is 102 cm³/mol. The molecular weight excluding hydrogens is 356 g/mol. The Morgan fingerprint density at radius 3 is 2.68 bits per heavy atom. The van der Waals surface area contributed by atoms with Crippen molar-refractivity contribution in [3.05, 3.63) is 47.6 Å². The van der Waals surface area contributed by atoms with Crippen LogP contribution in [0.3, 0.4) is 0 Å². The zero-order valence-corrected chi connectivity index (χ0v) is 16.1. The molecule has 4 rings (SSSR count). The molecule has 0 bridgehead atoms. The quantitative estimate of drug-likeness (QED) is 0.828. The summed E-state index contributed by atoms with van der Waals surface area (Å²) >= 11 is 0. The van der Waals surface area contributed by atoms with Gasteiger partial charge in [-0.2, -0.15) is 4.98 Å². The molecule has 1 aliphatic heterocycles. The first-order valence-corrected chi connectivity index (χ1v) is 10.0. The first-order valence-electron chi connectivity index (χ1n) is 10.0. The van der Waals surface area contributed by atoms with E-state index in [4.69, 9.17) is 4.52 Å². The van der Waals surface area contributed by atoms with E-state index in [0.717, 1.165) is 24.8 Å². The van der Waals surface area contributed by atoms with Crippen LogP contribution in [0, 0.1) is 12.8 Å². The molecule has 1 saturated heterocycles. The summed E-state index contributed by atoms with van der Waals surface area (Å²) in [5.74, 6) is 1.40. The third kappa shape index (κ3) is 4.40. The van der Waals surface area contributed by atoms with Crippen LogP contribution in [0.15, 0.2) is 34.9 Å². The largest absolute Gasteiger partial charge is 0.351 e. The minimum Gasteiger partial charge on any atom is -0.351 e. The summed E-state index contributed by atoms with van der Waals surface area (Å²) in [6, 6.07) is 9.83. The summed E-state index contributed by atoms with van der Waals surface area (Å²) in [6.45, 7) is 2.90. The molecule has 1 aliphatic carbocycles. The van der Waals surface area contributed by atoms with Crippen molar-refractivity contribution in [1.29, 1.82) is 0 Å². The standard InChI is InChI=1S/C21H26N4O3/c1-14-22-21(28-24-14)17-11-12-25(13-18(17)23-20(27)16-8-9-16)19(26)10-7-15-5-3-2-4-6-15/h2-6,16-18H,7-13H2,1H3,(H,23,27)/t17-,18+/m0/s1. The predicted octanol–water partition coefficient (Wildman–Crippen LogP) is 2.22. The number of rotatable bonds is 6. The van der Waals surface area contributed by atoms with E-state index in [9.17, 15) is 9.59 Å². The van der Waals surface area contributed by atoms with E-state index in [0.29, 0.717) is 37.6 Å². The van der Waals surface area contributed by atoms with Crippen molar-refractivity contribution in [2.24, 2.45) is 5.92 Å². The number of aryl methyl sites for hydroxylation is 2. The molecule has 2 aromatic rings. The van der Waals surface area contributed by atoms with Gasteiger partial charge in [0.2, 0.25) is 17.7 Å². The molecule has 7 nitrogen and oxygen atoms in total. The van der Waals surface area contributed by atoms with Gasteiger partial charge in [0.25, 0.3) is 0 Å². The third-order valence-electron chi connectivity index (χ3n) is 5.57. The van der Waals surface area contributed by atoms with E-state index in [1.54, 1.807) is 6.92 Å². The Kier molecular flexibility index (Phi) is 5.41. The highest BCUT2D eigenvalue weighted by atomic mass is 16.5. The van der Waals surface area contributed by atoms with Gasteiger partial charge in [0.15, 0.2) is 5.82 Å². The van der Waals surface area contributed by atoms with E-state index in [2.05, 4.69) is 15.5 Å². The number of carbonyl (C=O) groups is 2. The van der Waals surface area contributed by atoms with Gasteiger partial charge in [-0.3, -0.25) is 9.59 Å².